The molecule has 0 heterocycles. The zero-order valence-corrected chi connectivity index (χ0v) is 12.3. The van der Waals surface area contributed by atoms with Crippen LogP contribution >= 0.6 is 0 Å². The maximum atomic E-state index is 13.2. The summed E-state index contributed by atoms with van der Waals surface area (Å²) in [4.78, 5) is 0. The van der Waals surface area contributed by atoms with Crippen molar-refractivity contribution in [2.75, 3.05) is 0 Å². The predicted molar refractivity (Wildman–Crippen MR) is 55.3 cm³/mol. The standard InChI is InChI=1S/C11H9F15/c1-2-3-4-5(12,13)6(14,15)7(16,17)8(18,19)9(20,21)10(22,23)11(24,25)26/h2-4H2,1H3. The molecule has 0 N–H and O–H groups in total. The van der Waals surface area contributed by atoms with E-state index in [0.29, 0.717) is 0 Å². The minimum atomic E-state index is -8.20. The van der Waals surface area contributed by atoms with Crippen molar-refractivity contribution in [2.45, 2.75) is 67.9 Å². The molecule has 0 nitrogen and oxygen atoms in total. The van der Waals surface area contributed by atoms with Gasteiger partial charge in [-0.1, -0.05) is 13.3 Å². The van der Waals surface area contributed by atoms with Gasteiger partial charge >= 0.3 is 41.7 Å². The Kier molecular flexibility index (Phi) is 6.27. The van der Waals surface area contributed by atoms with Crippen molar-refractivity contribution in [3.63, 3.8) is 0 Å². The largest absolute Gasteiger partial charge is 0.460 e. The highest BCUT2D eigenvalue weighted by molar-refractivity contribution is 5.12. The summed E-state index contributed by atoms with van der Waals surface area (Å²) in [6.07, 6.45) is -11.2. The molecular formula is C11H9F15. The minimum Gasteiger partial charge on any atom is -0.200 e. The summed E-state index contributed by atoms with van der Waals surface area (Å²) in [7, 11) is 0. The number of halogens is 15. The second-order valence-electron chi connectivity index (χ2n) is 5.18. The fraction of sp³-hybridized carbons (Fsp3) is 1.00. The van der Waals surface area contributed by atoms with Gasteiger partial charge < -0.3 is 0 Å². The summed E-state index contributed by atoms with van der Waals surface area (Å²) in [5.74, 6) is -45.7. The molecule has 0 amide bonds. The number of rotatable bonds is 8. The van der Waals surface area contributed by atoms with Crippen LogP contribution in [-0.2, 0) is 0 Å². The third-order valence-corrected chi connectivity index (χ3v) is 3.24. The lowest BCUT2D eigenvalue weighted by Gasteiger charge is -2.41. The highest BCUT2D eigenvalue weighted by Gasteiger charge is 2.93. The lowest BCUT2D eigenvalue weighted by molar-refractivity contribution is -0.452. The van der Waals surface area contributed by atoms with Gasteiger partial charge in [0.15, 0.2) is 0 Å². The molecule has 158 valence electrons. The van der Waals surface area contributed by atoms with Gasteiger partial charge in [0.1, 0.15) is 0 Å². The van der Waals surface area contributed by atoms with Gasteiger partial charge in [0, 0.05) is 6.42 Å². The Morgan fingerprint density at radius 2 is 0.769 bits per heavy atom. The Morgan fingerprint density at radius 3 is 1.08 bits per heavy atom. The molecule has 0 aliphatic rings. The molecule has 0 aliphatic carbocycles. The molecule has 0 unspecified atom stereocenters. The summed E-state index contributed by atoms with van der Waals surface area (Å²) >= 11 is 0. The van der Waals surface area contributed by atoms with Crippen molar-refractivity contribution < 1.29 is 65.9 Å². The van der Waals surface area contributed by atoms with E-state index in [1.54, 1.807) is 0 Å². The Labute approximate surface area is 135 Å². The smallest absolute Gasteiger partial charge is 0.200 e. The van der Waals surface area contributed by atoms with E-state index in [1.165, 1.54) is 0 Å². The Hall–Kier alpha value is -1.05. The van der Waals surface area contributed by atoms with Crippen LogP contribution in [0.3, 0.4) is 0 Å². The maximum absolute atomic E-state index is 13.2. The maximum Gasteiger partial charge on any atom is 0.460 e. The Morgan fingerprint density at radius 1 is 0.462 bits per heavy atom. The van der Waals surface area contributed by atoms with Crippen LogP contribution in [0.1, 0.15) is 26.2 Å². The first-order valence-corrected chi connectivity index (χ1v) is 6.40. The van der Waals surface area contributed by atoms with Crippen molar-refractivity contribution in [1.29, 1.82) is 0 Å². The van der Waals surface area contributed by atoms with Gasteiger partial charge in [0.05, 0.1) is 0 Å². The number of hydrogen-bond acceptors (Lipinski definition) is 0. The van der Waals surface area contributed by atoms with Gasteiger partial charge in [-0.25, -0.2) is 0 Å². The average molecular weight is 426 g/mol. The van der Waals surface area contributed by atoms with E-state index in [4.69, 9.17) is 0 Å². The van der Waals surface area contributed by atoms with Crippen molar-refractivity contribution in [1.82, 2.24) is 0 Å². The SMILES string of the molecule is CCCCC(F)(F)C(F)(F)C(F)(F)C(F)(F)C(F)(F)C(F)(F)C(F)(F)F. The quantitative estimate of drug-likeness (QED) is 0.386. The molecule has 0 aromatic carbocycles. The monoisotopic (exact) mass is 426 g/mol. The van der Waals surface area contributed by atoms with Crippen molar-refractivity contribution >= 4 is 0 Å². The molecule has 0 atom stereocenters. The second-order valence-corrected chi connectivity index (χ2v) is 5.18. The molecule has 0 bridgehead atoms. The first kappa shape index (κ1) is 24.9. The van der Waals surface area contributed by atoms with E-state index in [1.807, 2.05) is 0 Å². The van der Waals surface area contributed by atoms with Gasteiger partial charge in [-0.05, 0) is 6.42 Å². The van der Waals surface area contributed by atoms with Crippen LogP contribution < -0.4 is 0 Å². The molecule has 0 spiro atoms. The van der Waals surface area contributed by atoms with Gasteiger partial charge in [-0.15, -0.1) is 0 Å². The van der Waals surface area contributed by atoms with Gasteiger partial charge in [-0.3, -0.25) is 0 Å². The molecular weight excluding hydrogens is 417 g/mol. The van der Waals surface area contributed by atoms with Crippen molar-refractivity contribution in [3.05, 3.63) is 0 Å². The van der Waals surface area contributed by atoms with E-state index in [0.717, 1.165) is 6.92 Å². The molecule has 0 radical (unpaired) electrons. The Bertz CT molecular complexity index is 486. The fourth-order valence-corrected chi connectivity index (χ4v) is 1.55. The number of alkyl halides is 15. The van der Waals surface area contributed by atoms with Crippen LogP contribution in [-0.4, -0.2) is 41.7 Å². The van der Waals surface area contributed by atoms with E-state index < -0.39 is 54.6 Å². The summed E-state index contributed by atoms with van der Waals surface area (Å²) in [5, 5.41) is 0. The summed E-state index contributed by atoms with van der Waals surface area (Å²) < 4.78 is 191. The Balaban J connectivity index is 6.33. The van der Waals surface area contributed by atoms with Gasteiger partial charge in [0.2, 0.25) is 0 Å². The molecule has 0 aromatic rings. The van der Waals surface area contributed by atoms with Crippen LogP contribution in [0, 0.1) is 0 Å². The molecule has 0 aromatic heterocycles. The van der Waals surface area contributed by atoms with Crippen LogP contribution in [0.4, 0.5) is 65.9 Å². The van der Waals surface area contributed by atoms with Crippen LogP contribution in [0.15, 0.2) is 0 Å². The lowest BCUT2D eigenvalue weighted by Crippen LogP contribution is -2.72. The molecule has 0 aliphatic heterocycles. The normalized spacial score (nSPS) is 16.2. The molecule has 0 saturated carbocycles. The highest BCUT2D eigenvalue weighted by atomic mass is 19.4. The molecule has 0 rings (SSSR count). The first-order valence-electron chi connectivity index (χ1n) is 6.40. The molecule has 0 fully saturated rings. The van der Waals surface area contributed by atoms with E-state index >= 15 is 0 Å². The first-order chi connectivity index (χ1) is 11.1. The van der Waals surface area contributed by atoms with Crippen molar-refractivity contribution in [2.24, 2.45) is 0 Å². The molecule has 0 saturated heterocycles. The van der Waals surface area contributed by atoms with Crippen molar-refractivity contribution in [3.8, 4) is 0 Å². The average Bonchev–Trinajstić information content (AvgIpc) is 2.42. The van der Waals surface area contributed by atoms with Crippen LogP contribution in [0.25, 0.3) is 0 Å². The molecule has 26 heavy (non-hydrogen) atoms. The van der Waals surface area contributed by atoms with Gasteiger partial charge in [-0.2, -0.15) is 65.9 Å². The van der Waals surface area contributed by atoms with Crippen LogP contribution in [0.5, 0.6) is 0 Å². The van der Waals surface area contributed by atoms with E-state index in [2.05, 4.69) is 0 Å². The van der Waals surface area contributed by atoms with E-state index in [-0.39, 0.29) is 6.42 Å². The van der Waals surface area contributed by atoms with Gasteiger partial charge in [0.25, 0.3) is 0 Å². The zero-order valence-electron chi connectivity index (χ0n) is 12.3. The van der Waals surface area contributed by atoms with E-state index in [9.17, 15) is 65.9 Å². The third kappa shape index (κ3) is 3.29. The van der Waals surface area contributed by atoms with Crippen LogP contribution in [0.2, 0.25) is 0 Å². The highest BCUT2D eigenvalue weighted by Crippen LogP contribution is 2.62. The zero-order chi connectivity index (χ0) is 21.6. The summed E-state index contributed by atoms with van der Waals surface area (Å²) in [6, 6.07) is 0. The topological polar surface area (TPSA) is 0 Å². The fourth-order valence-electron chi connectivity index (χ4n) is 1.55. The lowest BCUT2D eigenvalue weighted by atomic mass is 9.89. The summed E-state index contributed by atoms with van der Waals surface area (Å²) in [6.45, 7) is 1.05. The second kappa shape index (κ2) is 6.53. The number of unbranched alkanes of at least 4 members (excludes halogenated alkanes) is 1. The molecule has 15 heteroatoms. The third-order valence-electron chi connectivity index (χ3n) is 3.24. The predicted octanol–water partition coefficient (Wildman–Crippen LogP) is 6.55. The summed E-state index contributed by atoms with van der Waals surface area (Å²) in [5.41, 5.74) is 0. The number of hydrogen-bond donors (Lipinski definition) is 0. The minimum absolute atomic E-state index is 0.379.